The predicted octanol–water partition coefficient (Wildman–Crippen LogP) is 1.36. The molecule has 90 valence electrons. The third-order valence-corrected chi connectivity index (χ3v) is 2.73. The average molecular weight is 262 g/mol. The van der Waals surface area contributed by atoms with Crippen LogP contribution in [0.3, 0.4) is 0 Å². The van der Waals surface area contributed by atoms with Crippen molar-refractivity contribution >= 4 is 11.6 Å². The number of benzene rings is 1. The van der Waals surface area contributed by atoms with Crippen molar-refractivity contribution in [3.63, 3.8) is 0 Å². The van der Waals surface area contributed by atoms with E-state index in [0.29, 0.717) is 10.7 Å². The Morgan fingerprint density at radius 2 is 2.11 bits per heavy atom. The number of halogens is 1. The largest absolute Gasteiger partial charge is 0.333 e. The minimum Gasteiger partial charge on any atom is -0.273 e. The highest BCUT2D eigenvalue weighted by Gasteiger charge is 2.08. The summed E-state index contributed by atoms with van der Waals surface area (Å²) in [4.78, 5) is 25.0. The molecule has 18 heavy (non-hydrogen) atoms. The molecule has 0 fully saturated rings. The molecule has 0 radical (unpaired) electrons. The molecule has 0 unspecified atom stereocenters. The van der Waals surface area contributed by atoms with E-state index in [-0.39, 0.29) is 5.56 Å². The number of hydrogen-bond acceptors (Lipinski definition) is 3. The van der Waals surface area contributed by atoms with Crippen molar-refractivity contribution in [3.05, 3.63) is 61.4 Å². The second-order valence-electron chi connectivity index (χ2n) is 3.74. The monoisotopic (exact) mass is 261 g/mol. The van der Waals surface area contributed by atoms with Crippen LogP contribution in [-0.2, 0) is 0 Å². The van der Waals surface area contributed by atoms with Crippen molar-refractivity contribution in [1.82, 2.24) is 9.55 Å². The molecule has 1 heterocycles. The second-order valence-corrected chi connectivity index (χ2v) is 4.15. The smallest absolute Gasteiger partial charge is 0.273 e. The van der Waals surface area contributed by atoms with Gasteiger partial charge in [0.2, 0.25) is 0 Å². The molecular weight excluding hydrogens is 254 g/mol. The molecular formula is C12H8ClN3O2. The van der Waals surface area contributed by atoms with Crippen LogP contribution in [-0.4, -0.2) is 9.55 Å². The van der Waals surface area contributed by atoms with Crippen molar-refractivity contribution in [2.45, 2.75) is 6.92 Å². The van der Waals surface area contributed by atoms with Crippen LogP contribution in [0.25, 0.3) is 5.69 Å². The minimum atomic E-state index is -0.706. The highest BCUT2D eigenvalue weighted by atomic mass is 35.5. The molecule has 1 N–H and O–H groups in total. The maximum atomic E-state index is 11.7. The number of nitrogens with zero attached hydrogens (tertiary/aromatic N) is 2. The van der Waals surface area contributed by atoms with Crippen molar-refractivity contribution in [1.29, 1.82) is 5.26 Å². The quantitative estimate of drug-likeness (QED) is 0.842. The Morgan fingerprint density at radius 1 is 1.39 bits per heavy atom. The summed E-state index contributed by atoms with van der Waals surface area (Å²) in [7, 11) is 0. The molecule has 0 atom stereocenters. The van der Waals surface area contributed by atoms with E-state index in [1.54, 1.807) is 24.3 Å². The SMILES string of the molecule is Cc1ccc(-n2cc(C#N)c(=O)[nH]c2=O)c(Cl)c1. The van der Waals surface area contributed by atoms with Gasteiger partial charge >= 0.3 is 5.69 Å². The fourth-order valence-electron chi connectivity index (χ4n) is 1.54. The van der Waals surface area contributed by atoms with Gasteiger partial charge in [0.1, 0.15) is 11.6 Å². The Hall–Kier alpha value is -2.32. The summed E-state index contributed by atoms with van der Waals surface area (Å²) in [5.74, 6) is 0. The zero-order valence-electron chi connectivity index (χ0n) is 9.40. The van der Waals surface area contributed by atoms with Crippen molar-refractivity contribution in [2.24, 2.45) is 0 Å². The number of aryl methyl sites for hydroxylation is 1. The third kappa shape index (κ3) is 2.06. The van der Waals surface area contributed by atoms with E-state index < -0.39 is 11.2 Å². The van der Waals surface area contributed by atoms with E-state index in [9.17, 15) is 9.59 Å². The molecule has 0 saturated heterocycles. The molecule has 5 nitrogen and oxygen atoms in total. The lowest BCUT2D eigenvalue weighted by Gasteiger charge is -2.07. The maximum Gasteiger partial charge on any atom is 0.333 e. The molecule has 2 aromatic rings. The summed E-state index contributed by atoms with van der Waals surface area (Å²) in [6.07, 6.45) is 1.18. The average Bonchev–Trinajstić information content (AvgIpc) is 2.30. The number of aromatic amines is 1. The van der Waals surface area contributed by atoms with Crippen LogP contribution in [0, 0.1) is 18.3 Å². The van der Waals surface area contributed by atoms with Crippen molar-refractivity contribution < 1.29 is 0 Å². The Morgan fingerprint density at radius 3 is 2.72 bits per heavy atom. The van der Waals surface area contributed by atoms with Gasteiger partial charge in [0, 0.05) is 6.20 Å². The van der Waals surface area contributed by atoms with E-state index in [1.165, 1.54) is 6.20 Å². The Labute approximate surface area is 107 Å². The summed E-state index contributed by atoms with van der Waals surface area (Å²) in [6, 6.07) is 6.85. The van der Waals surface area contributed by atoms with Gasteiger partial charge in [-0.1, -0.05) is 17.7 Å². The second kappa shape index (κ2) is 4.51. The molecule has 1 aromatic heterocycles. The van der Waals surface area contributed by atoms with Crippen LogP contribution >= 0.6 is 11.6 Å². The predicted molar refractivity (Wildman–Crippen MR) is 67.1 cm³/mol. The molecule has 0 spiro atoms. The van der Waals surface area contributed by atoms with Crippen LogP contribution in [0.1, 0.15) is 11.1 Å². The lowest BCUT2D eigenvalue weighted by molar-refractivity contribution is 0.889. The summed E-state index contributed by atoms with van der Waals surface area (Å²) in [5.41, 5.74) is -0.125. The van der Waals surface area contributed by atoms with Gasteiger partial charge in [0.05, 0.1) is 10.7 Å². The molecule has 0 bridgehead atoms. The summed E-state index contributed by atoms with van der Waals surface area (Å²) in [6.45, 7) is 1.87. The number of nitriles is 1. The van der Waals surface area contributed by atoms with Crippen LogP contribution in [0.15, 0.2) is 34.0 Å². The first-order valence-electron chi connectivity index (χ1n) is 5.05. The van der Waals surface area contributed by atoms with Crippen molar-refractivity contribution in [2.75, 3.05) is 0 Å². The summed E-state index contributed by atoms with van der Waals surface area (Å²) < 4.78 is 1.14. The van der Waals surface area contributed by atoms with E-state index in [4.69, 9.17) is 16.9 Å². The van der Waals surface area contributed by atoms with E-state index in [1.807, 2.05) is 6.92 Å². The Bertz CT molecular complexity index is 768. The number of aromatic nitrogens is 2. The van der Waals surface area contributed by atoms with E-state index in [0.717, 1.165) is 10.1 Å². The van der Waals surface area contributed by atoms with Gasteiger partial charge in [-0.25, -0.2) is 4.79 Å². The van der Waals surface area contributed by atoms with Crippen LogP contribution in [0.2, 0.25) is 5.02 Å². The molecule has 0 amide bonds. The first kappa shape index (κ1) is 12.1. The number of hydrogen-bond donors (Lipinski definition) is 1. The molecule has 2 rings (SSSR count). The van der Waals surface area contributed by atoms with Crippen LogP contribution < -0.4 is 11.2 Å². The van der Waals surface area contributed by atoms with Gasteiger partial charge in [-0.05, 0) is 24.6 Å². The molecule has 0 aliphatic carbocycles. The molecule has 6 heteroatoms. The minimum absolute atomic E-state index is 0.147. The van der Waals surface area contributed by atoms with E-state index >= 15 is 0 Å². The highest BCUT2D eigenvalue weighted by molar-refractivity contribution is 6.32. The number of rotatable bonds is 1. The van der Waals surface area contributed by atoms with Crippen LogP contribution in [0.4, 0.5) is 0 Å². The van der Waals surface area contributed by atoms with Crippen molar-refractivity contribution in [3.8, 4) is 11.8 Å². The fraction of sp³-hybridized carbons (Fsp3) is 0.0833. The number of H-pyrrole nitrogens is 1. The fourth-order valence-corrected chi connectivity index (χ4v) is 1.86. The van der Waals surface area contributed by atoms with Gasteiger partial charge in [0.25, 0.3) is 5.56 Å². The van der Waals surface area contributed by atoms with Gasteiger partial charge < -0.3 is 0 Å². The molecule has 0 aliphatic heterocycles. The zero-order chi connectivity index (χ0) is 13.3. The van der Waals surface area contributed by atoms with Gasteiger partial charge in [-0.2, -0.15) is 5.26 Å². The zero-order valence-corrected chi connectivity index (χ0v) is 10.2. The lowest BCUT2D eigenvalue weighted by Crippen LogP contribution is -2.30. The first-order valence-corrected chi connectivity index (χ1v) is 5.43. The molecule has 0 saturated carbocycles. The Kier molecular flexibility index (Phi) is 3.04. The first-order chi connectivity index (χ1) is 8.52. The normalized spacial score (nSPS) is 10.1. The van der Waals surface area contributed by atoms with E-state index in [2.05, 4.69) is 4.98 Å². The topological polar surface area (TPSA) is 78.7 Å². The summed E-state index contributed by atoms with van der Waals surface area (Å²) >= 11 is 6.04. The third-order valence-electron chi connectivity index (χ3n) is 2.43. The number of nitrogens with one attached hydrogen (secondary N) is 1. The molecule has 0 aliphatic rings. The van der Waals surface area contributed by atoms with Gasteiger partial charge in [-0.3, -0.25) is 14.3 Å². The standard InChI is InChI=1S/C12H8ClN3O2/c1-7-2-3-10(9(13)4-7)16-6-8(5-14)11(17)15-12(16)18/h2-4,6H,1H3,(H,15,17,18). The molecule has 1 aromatic carbocycles. The highest BCUT2D eigenvalue weighted by Crippen LogP contribution is 2.20. The van der Waals surface area contributed by atoms with Gasteiger partial charge in [0.15, 0.2) is 0 Å². The van der Waals surface area contributed by atoms with Gasteiger partial charge in [-0.15, -0.1) is 0 Å². The maximum absolute atomic E-state index is 11.7. The van der Waals surface area contributed by atoms with Crippen LogP contribution in [0.5, 0.6) is 0 Å². The lowest BCUT2D eigenvalue weighted by atomic mass is 10.2. The summed E-state index contributed by atoms with van der Waals surface area (Å²) in [5, 5.41) is 9.14. The Balaban J connectivity index is 2.76.